The first-order valence-electron chi connectivity index (χ1n) is 7.04. The second-order valence-corrected chi connectivity index (χ2v) is 6.60. The minimum atomic E-state index is -4.60. The maximum absolute atomic E-state index is 13.0. The maximum Gasteiger partial charge on any atom is 0.418 e. The second-order valence-electron chi connectivity index (χ2n) is 5.25. The molecule has 1 fully saturated rings. The average molecular weight is 377 g/mol. The molecule has 0 bridgehead atoms. The van der Waals surface area contributed by atoms with Crippen LogP contribution < -0.4 is 5.32 Å². The number of carbonyl (C=O) groups is 1. The summed E-state index contributed by atoms with van der Waals surface area (Å²) in [6.45, 7) is 0. The molecule has 0 saturated heterocycles. The highest BCUT2D eigenvalue weighted by atomic mass is 35.5. The minimum Gasteiger partial charge on any atom is -0.324 e. The van der Waals surface area contributed by atoms with Crippen molar-refractivity contribution in [3.63, 3.8) is 0 Å². The number of rotatable bonds is 5. The SMILES string of the molecule is O=C(CSc1nncn1C1CC1)Nc1c(Cl)cccc1C(F)(F)F. The van der Waals surface area contributed by atoms with Gasteiger partial charge in [-0.2, -0.15) is 13.2 Å². The third-order valence-corrected chi connectivity index (χ3v) is 4.67. The van der Waals surface area contributed by atoms with Gasteiger partial charge in [-0.15, -0.1) is 10.2 Å². The first-order valence-corrected chi connectivity index (χ1v) is 8.40. The second kappa shape index (κ2) is 6.64. The molecule has 0 aliphatic heterocycles. The molecule has 1 saturated carbocycles. The third-order valence-electron chi connectivity index (χ3n) is 3.40. The van der Waals surface area contributed by atoms with Crippen LogP contribution in [0, 0.1) is 0 Å². The highest BCUT2D eigenvalue weighted by Gasteiger charge is 2.35. The van der Waals surface area contributed by atoms with Crippen molar-refractivity contribution in [2.24, 2.45) is 0 Å². The van der Waals surface area contributed by atoms with Gasteiger partial charge in [-0.1, -0.05) is 29.4 Å². The van der Waals surface area contributed by atoms with E-state index in [0.717, 1.165) is 30.7 Å². The number of hydrogen-bond donors (Lipinski definition) is 1. The van der Waals surface area contributed by atoms with Crippen molar-refractivity contribution in [3.8, 4) is 0 Å². The molecule has 5 nitrogen and oxygen atoms in total. The Morgan fingerprint density at radius 3 is 2.83 bits per heavy atom. The van der Waals surface area contributed by atoms with E-state index in [1.807, 2.05) is 4.57 Å². The Kier molecular flexibility index (Phi) is 4.73. The first-order chi connectivity index (χ1) is 11.4. The smallest absolute Gasteiger partial charge is 0.324 e. The minimum absolute atomic E-state index is 0.0894. The number of halogens is 4. The van der Waals surface area contributed by atoms with E-state index in [1.54, 1.807) is 6.33 Å². The summed E-state index contributed by atoms with van der Waals surface area (Å²) in [5.74, 6) is -0.683. The predicted molar refractivity (Wildman–Crippen MR) is 84.1 cm³/mol. The van der Waals surface area contributed by atoms with E-state index >= 15 is 0 Å². The summed E-state index contributed by atoms with van der Waals surface area (Å²) in [4.78, 5) is 12.0. The number of thioether (sulfide) groups is 1. The van der Waals surface area contributed by atoms with E-state index in [-0.39, 0.29) is 10.8 Å². The van der Waals surface area contributed by atoms with Gasteiger partial charge in [0, 0.05) is 6.04 Å². The first kappa shape index (κ1) is 17.1. The lowest BCUT2D eigenvalue weighted by Crippen LogP contribution is -2.18. The van der Waals surface area contributed by atoms with Crippen LogP contribution in [-0.4, -0.2) is 26.4 Å². The van der Waals surface area contributed by atoms with Gasteiger partial charge >= 0.3 is 6.18 Å². The normalized spacial score (nSPS) is 14.7. The van der Waals surface area contributed by atoms with Gasteiger partial charge in [0.15, 0.2) is 5.16 Å². The summed E-state index contributed by atoms with van der Waals surface area (Å²) in [5.41, 5.74) is -1.41. The van der Waals surface area contributed by atoms with E-state index in [9.17, 15) is 18.0 Å². The van der Waals surface area contributed by atoms with Crippen LogP contribution in [0.5, 0.6) is 0 Å². The molecule has 24 heavy (non-hydrogen) atoms. The van der Waals surface area contributed by atoms with Gasteiger partial charge in [-0.05, 0) is 25.0 Å². The number of para-hydroxylation sites is 1. The fraction of sp³-hybridized carbons (Fsp3) is 0.357. The van der Waals surface area contributed by atoms with E-state index in [2.05, 4.69) is 15.5 Å². The Balaban J connectivity index is 1.68. The predicted octanol–water partition coefficient (Wildman–Crippen LogP) is 4.02. The van der Waals surface area contributed by atoms with Crippen molar-refractivity contribution in [2.75, 3.05) is 11.1 Å². The number of hydrogen-bond acceptors (Lipinski definition) is 4. The molecule has 0 atom stereocenters. The summed E-state index contributed by atoms with van der Waals surface area (Å²) < 4.78 is 40.9. The number of amides is 1. The van der Waals surface area contributed by atoms with Gasteiger partial charge in [0.25, 0.3) is 0 Å². The molecule has 1 amide bonds. The highest BCUT2D eigenvalue weighted by molar-refractivity contribution is 7.99. The molecule has 10 heteroatoms. The largest absolute Gasteiger partial charge is 0.418 e. The van der Waals surface area contributed by atoms with Gasteiger partial charge in [0.2, 0.25) is 5.91 Å². The summed E-state index contributed by atoms with van der Waals surface area (Å²) in [6, 6.07) is 3.71. The molecule has 3 rings (SSSR count). The number of carbonyl (C=O) groups excluding carboxylic acids is 1. The molecule has 0 spiro atoms. The van der Waals surface area contributed by atoms with Crippen molar-refractivity contribution in [2.45, 2.75) is 30.2 Å². The summed E-state index contributed by atoms with van der Waals surface area (Å²) in [5, 5.41) is 10.4. The van der Waals surface area contributed by atoms with Gasteiger partial charge in [-0.3, -0.25) is 4.79 Å². The third kappa shape index (κ3) is 3.84. The Morgan fingerprint density at radius 1 is 1.42 bits per heavy atom. The van der Waals surface area contributed by atoms with Gasteiger partial charge in [-0.25, -0.2) is 0 Å². The van der Waals surface area contributed by atoms with E-state index in [0.29, 0.717) is 11.2 Å². The van der Waals surface area contributed by atoms with Crippen LogP contribution in [-0.2, 0) is 11.0 Å². The van der Waals surface area contributed by atoms with Crippen molar-refractivity contribution in [1.82, 2.24) is 14.8 Å². The zero-order chi connectivity index (χ0) is 17.3. The van der Waals surface area contributed by atoms with Crippen molar-refractivity contribution >= 4 is 35.0 Å². The molecule has 128 valence electrons. The molecular formula is C14H12ClF3N4OS. The van der Waals surface area contributed by atoms with E-state index in [4.69, 9.17) is 11.6 Å². The quantitative estimate of drug-likeness (QED) is 0.801. The Bertz CT molecular complexity index is 761. The van der Waals surface area contributed by atoms with Crippen LogP contribution in [0.1, 0.15) is 24.4 Å². The Morgan fingerprint density at radius 2 is 2.17 bits per heavy atom. The van der Waals surface area contributed by atoms with Gasteiger partial charge < -0.3 is 9.88 Å². The van der Waals surface area contributed by atoms with Crippen molar-refractivity contribution in [3.05, 3.63) is 35.1 Å². The molecule has 1 heterocycles. The number of aromatic nitrogens is 3. The highest BCUT2D eigenvalue weighted by Crippen LogP contribution is 2.39. The zero-order valence-corrected chi connectivity index (χ0v) is 13.8. The lowest BCUT2D eigenvalue weighted by molar-refractivity contribution is -0.137. The molecule has 0 unspecified atom stereocenters. The number of nitrogens with zero attached hydrogens (tertiary/aromatic N) is 3. The zero-order valence-electron chi connectivity index (χ0n) is 12.2. The van der Waals surface area contributed by atoms with Crippen molar-refractivity contribution < 1.29 is 18.0 Å². The number of alkyl halides is 3. The molecule has 1 aromatic heterocycles. The fourth-order valence-electron chi connectivity index (χ4n) is 2.13. The summed E-state index contributed by atoms with van der Waals surface area (Å²) in [6.07, 6.45) is -0.945. The molecule has 1 aromatic carbocycles. The van der Waals surface area contributed by atoms with Crippen LogP contribution in [0.4, 0.5) is 18.9 Å². The molecule has 1 aliphatic rings. The van der Waals surface area contributed by atoms with E-state index < -0.39 is 23.3 Å². The maximum atomic E-state index is 13.0. The van der Waals surface area contributed by atoms with Crippen LogP contribution >= 0.6 is 23.4 Å². The number of nitrogens with one attached hydrogen (secondary N) is 1. The van der Waals surface area contributed by atoms with Crippen LogP contribution in [0.25, 0.3) is 0 Å². The van der Waals surface area contributed by atoms with Gasteiger partial charge in [0.05, 0.1) is 22.0 Å². The topological polar surface area (TPSA) is 59.8 Å². The Labute approximate surface area is 144 Å². The lowest BCUT2D eigenvalue weighted by Gasteiger charge is -2.15. The number of benzene rings is 1. The molecule has 1 aliphatic carbocycles. The van der Waals surface area contributed by atoms with Crippen LogP contribution in [0.2, 0.25) is 5.02 Å². The average Bonchev–Trinajstić information content (AvgIpc) is 3.24. The lowest BCUT2D eigenvalue weighted by atomic mass is 10.1. The fourth-order valence-corrected chi connectivity index (χ4v) is 3.14. The number of anilines is 1. The molecular weight excluding hydrogens is 365 g/mol. The van der Waals surface area contributed by atoms with Gasteiger partial charge in [0.1, 0.15) is 6.33 Å². The van der Waals surface area contributed by atoms with Crippen LogP contribution in [0.15, 0.2) is 29.7 Å². The molecule has 1 N–H and O–H groups in total. The van der Waals surface area contributed by atoms with Crippen LogP contribution in [0.3, 0.4) is 0 Å². The standard InChI is InChI=1S/C14H12ClF3N4OS/c15-10-3-1-2-9(14(16,17)18)12(10)20-11(23)6-24-13-21-19-7-22(13)8-4-5-8/h1-3,7-8H,4-6H2,(H,20,23). The summed E-state index contributed by atoms with van der Waals surface area (Å²) in [7, 11) is 0. The Hall–Kier alpha value is -1.74. The van der Waals surface area contributed by atoms with Crippen molar-refractivity contribution in [1.29, 1.82) is 0 Å². The summed E-state index contributed by atoms with van der Waals surface area (Å²) >= 11 is 6.93. The molecule has 0 radical (unpaired) electrons. The monoisotopic (exact) mass is 376 g/mol. The molecule has 2 aromatic rings. The van der Waals surface area contributed by atoms with E-state index in [1.165, 1.54) is 12.1 Å².